The molecule has 6 rings (SSSR count). The Bertz CT molecular complexity index is 976. The van der Waals surface area contributed by atoms with Gasteiger partial charge in [0.05, 0.1) is 18.7 Å². The topological polar surface area (TPSA) is 49.4 Å². The van der Waals surface area contributed by atoms with Gasteiger partial charge in [-0.2, -0.15) is 0 Å². The molecular formula is C27H38N4OS. The fourth-order valence-corrected chi connectivity index (χ4v) is 6.82. The van der Waals surface area contributed by atoms with Gasteiger partial charge in [0.1, 0.15) is 5.75 Å². The van der Waals surface area contributed by atoms with E-state index in [0.717, 1.165) is 33.6 Å². The molecule has 1 saturated carbocycles. The second kappa shape index (κ2) is 10.1. The standard InChI is InChI=1S/C27H38N4OS/c1-3-18-17-31-14-12-19(18)15-25(31)26(30-27(33)29-20-7-5-4-6-8-20)22-11-13-28-24-10-9-21(32-2)16-23(22)24/h9-11,13,16,18-20,25-26H,3-8,12,14-15,17H2,1-2H3,(H2,29,30,33)/t18?,19?,25-,26-/m0/s1. The quantitative estimate of drug-likeness (QED) is 0.571. The number of benzene rings is 1. The highest BCUT2D eigenvalue weighted by molar-refractivity contribution is 7.80. The molecule has 5 nitrogen and oxygen atoms in total. The number of hydrogen-bond acceptors (Lipinski definition) is 4. The van der Waals surface area contributed by atoms with Crippen molar-refractivity contribution in [3.05, 3.63) is 36.0 Å². The zero-order valence-electron chi connectivity index (χ0n) is 20.1. The molecule has 2 N–H and O–H groups in total. The largest absolute Gasteiger partial charge is 0.497 e. The number of ether oxygens (including phenoxy) is 1. The lowest BCUT2D eigenvalue weighted by molar-refractivity contribution is -0.0134. The summed E-state index contributed by atoms with van der Waals surface area (Å²) in [4.78, 5) is 7.37. The molecular weight excluding hydrogens is 428 g/mol. The van der Waals surface area contributed by atoms with Crippen LogP contribution in [-0.4, -0.2) is 47.3 Å². The first kappa shape index (κ1) is 22.9. The normalized spacial score (nSPS) is 28.4. The summed E-state index contributed by atoms with van der Waals surface area (Å²) in [5, 5.41) is 9.42. The molecule has 4 aliphatic rings. The van der Waals surface area contributed by atoms with E-state index in [9.17, 15) is 0 Å². The lowest BCUT2D eigenvalue weighted by atomic mass is 9.72. The third kappa shape index (κ3) is 4.83. The summed E-state index contributed by atoms with van der Waals surface area (Å²) in [5.74, 6) is 2.52. The second-order valence-electron chi connectivity index (χ2n) is 10.2. The lowest BCUT2D eigenvalue weighted by Crippen LogP contribution is -2.58. The SMILES string of the molecule is CCC1CN2CCC1C[C@H]2[C@@H](NC(=S)NC1CCCCC1)c1ccnc2ccc(OC)cc12. The maximum absolute atomic E-state index is 5.90. The van der Waals surface area contributed by atoms with Crippen molar-refractivity contribution in [3.63, 3.8) is 0 Å². The molecule has 0 radical (unpaired) electrons. The third-order valence-electron chi connectivity index (χ3n) is 8.39. The van der Waals surface area contributed by atoms with Crippen LogP contribution in [-0.2, 0) is 0 Å². The van der Waals surface area contributed by atoms with Crippen LogP contribution in [0.4, 0.5) is 0 Å². The minimum Gasteiger partial charge on any atom is -0.497 e. The Morgan fingerprint density at radius 1 is 1.21 bits per heavy atom. The molecule has 4 heterocycles. The first-order chi connectivity index (χ1) is 16.2. The van der Waals surface area contributed by atoms with E-state index in [1.807, 2.05) is 12.3 Å². The molecule has 1 aliphatic carbocycles. The van der Waals surface area contributed by atoms with Crippen molar-refractivity contribution in [3.8, 4) is 5.75 Å². The van der Waals surface area contributed by atoms with E-state index < -0.39 is 0 Å². The average molecular weight is 467 g/mol. The molecule has 178 valence electrons. The van der Waals surface area contributed by atoms with E-state index in [0.29, 0.717) is 12.1 Å². The fraction of sp³-hybridized carbons (Fsp3) is 0.630. The number of nitrogens with zero attached hydrogens (tertiary/aromatic N) is 2. The van der Waals surface area contributed by atoms with E-state index in [2.05, 4.69) is 45.6 Å². The summed E-state index contributed by atoms with van der Waals surface area (Å²) in [5.41, 5.74) is 2.28. The van der Waals surface area contributed by atoms with Crippen LogP contribution in [0.1, 0.15) is 69.9 Å². The smallest absolute Gasteiger partial charge is 0.167 e. The summed E-state index contributed by atoms with van der Waals surface area (Å²) in [6.45, 7) is 4.75. The predicted molar refractivity (Wildman–Crippen MR) is 139 cm³/mol. The van der Waals surface area contributed by atoms with Crippen LogP contribution in [0, 0.1) is 11.8 Å². The first-order valence-electron chi connectivity index (χ1n) is 12.9. The summed E-state index contributed by atoms with van der Waals surface area (Å²) >= 11 is 5.90. The van der Waals surface area contributed by atoms with E-state index >= 15 is 0 Å². The number of nitrogens with one attached hydrogen (secondary N) is 2. The Kier molecular flexibility index (Phi) is 7.02. The van der Waals surface area contributed by atoms with Gasteiger partial charge in [0.15, 0.2) is 5.11 Å². The second-order valence-corrected chi connectivity index (χ2v) is 10.6. The van der Waals surface area contributed by atoms with Gasteiger partial charge in [-0.1, -0.05) is 32.6 Å². The number of piperidine rings is 3. The highest BCUT2D eigenvalue weighted by Crippen LogP contribution is 2.43. The molecule has 1 aromatic carbocycles. The number of thiocarbonyl (C=S) groups is 1. The van der Waals surface area contributed by atoms with E-state index in [4.69, 9.17) is 17.0 Å². The number of hydrogen-bond donors (Lipinski definition) is 2. The first-order valence-corrected chi connectivity index (χ1v) is 13.3. The number of fused-ring (bicyclic) bond motifs is 4. The van der Waals surface area contributed by atoms with Gasteiger partial charge in [0, 0.05) is 30.2 Å². The molecule has 3 saturated heterocycles. The van der Waals surface area contributed by atoms with Crippen molar-refractivity contribution >= 4 is 28.2 Å². The minimum atomic E-state index is 0.131. The Morgan fingerprint density at radius 2 is 2.06 bits per heavy atom. The van der Waals surface area contributed by atoms with Gasteiger partial charge in [0.2, 0.25) is 0 Å². The van der Waals surface area contributed by atoms with Gasteiger partial charge < -0.3 is 15.4 Å². The van der Waals surface area contributed by atoms with Gasteiger partial charge in [-0.15, -0.1) is 0 Å². The van der Waals surface area contributed by atoms with Gasteiger partial charge in [-0.25, -0.2) is 0 Å². The van der Waals surface area contributed by atoms with Gasteiger partial charge in [-0.05, 0) is 86.1 Å². The van der Waals surface area contributed by atoms with Crippen LogP contribution in [0.3, 0.4) is 0 Å². The predicted octanol–water partition coefficient (Wildman–Crippen LogP) is 5.20. The third-order valence-corrected chi connectivity index (χ3v) is 8.63. The molecule has 0 amide bonds. The van der Waals surface area contributed by atoms with Crippen molar-refractivity contribution in [1.29, 1.82) is 0 Å². The molecule has 4 fully saturated rings. The number of methoxy groups -OCH3 is 1. The number of pyridine rings is 1. The summed E-state index contributed by atoms with van der Waals surface area (Å²) < 4.78 is 5.57. The summed E-state index contributed by atoms with van der Waals surface area (Å²) in [6.07, 6.45) is 12.2. The van der Waals surface area contributed by atoms with E-state index in [1.165, 1.54) is 70.0 Å². The van der Waals surface area contributed by atoms with Crippen molar-refractivity contribution in [2.75, 3.05) is 20.2 Å². The van der Waals surface area contributed by atoms with Crippen molar-refractivity contribution in [2.45, 2.75) is 76.4 Å². The zero-order chi connectivity index (χ0) is 22.8. The van der Waals surface area contributed by atoms with Crippen molar-refractivity contribution in [1.82, 2.24) is 20.5 Å². The monoisotopic (exact) mass is 466 g/mol. The van der Waals surface area contributed by atoms with Crippen LogP contribution >= 0.6 is 12.2 Å². The molecule has 1 aromatic heterocycles. The Labute approximate surface area is 203 Å². The Hall–Kier alpha value is -1.92. The summed E-state index contributed by atoms with van der Waals surface area (Å²) in [6, 6.07) is 9.45. The molecule has 3 unspecified atom stereocenters. The van der Waals surface area contributed by atoms with Crippen LogP contribution < -0.4 is 15.4 Å². The van der Waals surface area contributed by atoms with E-state index in [1.54, 1.807) is 7.11 Å². The van der Waals surface area contributed by atoms with Crippen LogP contribution in [0.15, 0.2) is 30.5 Å². The van der Waals surface area contributed by atoms with Crippen LogP contribution in [0.25, 0.3) is 10.9 Å². The summed E-state index contributed by atoms with van der Waals surface area (Å²) in [7, 11) is 1.73. The molecule has 6 heteroatoms. The van der Waals surface area contributed by atoms with Gasteiger partial charge in [-0.3, -0.25) is 9.88 Å². The highest BCUT2D eigenvalue weighted by atomic mass is 32.1. The number of rotatable bonds is 6. The maximum Gasteiger partial charge on any atom is 0.167 e. The Balaban J connectivity index is 1.47. The van der Waals surface area contributed by atoms with Crippen LogP contribution in [0.2, 0.25) is 0 Å². The molecule has 3 aliphatic heterocycles. The Morgan fingerprint density at radius 3 is 2.79 bits per heavy atom. The average Bonchev–Trinajstić information content (AvgIpc) is 2.87. The molecule has 0 spiro atoms. The van der Waals surface area contributed by atoms with Crippen molar-refractivity contribution in [2.24, 2.45) is 11.8 Å². The lowest BCUT2D eigenvalue weighted by Gasteiger charge is -2.52. The fourth-order valence-electron chi connectivity index (χ4n) is 6.53. The zero-order valence-corrected chi connectivity index (χ0v) is 20.9. The molecule has 5 atom stereocenters. The minimum absolute atomic E-state index is 0.131. The highest BCUT2D eigenvalue weighted by Gasteiger charge is 2.43. The van der Waals surface area contributed by atoms with Gasteiger partial charge in [0.25, 0.3) is 0 Å². The van der Waals surface area contributed by atoms with Crippen molar-refractivity contribution < 1.29 is 4.74 Å². The molecule has 33 heavy (non-hydrogen) atoms. The van der Waals surface area contributed by atoms with Crippen LogP contribution in [0.5, 0.6) is 5.75 Å². The molecule has 2 aromatic rings. The van der Waals surface area contributed by atoms with E-state index in [-0.39, 0.29) is 6.04 Å². The number of aromatic nitrogens is 1. The molecule has 2 bridgehead atoms. The maximum atomic E-state index is 5.90. The van der Waals surface area contributed by atoms with Gasteiger partial charge >= 0.3 is 0 Å².